The van der Waals surface area contributed by atoms with Crippen LogP contribution in [0.1, 0.15) is 5.56 Å². The van der Waals surface area contributed by atoms with Crippen molar-refractivity contribution in [2.45, 2.75) is 16.7 Å². The standard InChI is InChI=1S/C16H14ClN5O5S2/c1-9-8-11(4-7-13(9)29(25,26)27)19-16-21-14(17)20-15(22-16)18-10-2-5-12(6-3-10)28(23)24/h2-8,28H,1H3,(H,25,26,27)(H2,18,19,20,21,22). The lowest BCUT2D eigenvalue weighted by molar-refractivity contribution is 0.482. The van der Waals surface area contributed by atoms with Gasteiger partial charge < -0.3 is 10.6 Å². The molecule has 0 unspecified atom stereocenters. The predicted molar refractivity (Wildman–Crippen MR) is 107 cm³/mol. The average Bonchev–Trinajstić information content (AvgIpc) is 2.60. The number of anilines is 4. The van der Waals surface area contributed by atoms with E-state index in [1.807, 2.05) is 0 Å². The minimum Gasteiger partial charge on any atom is -0.324 e. The molecule has 29 heavy (non-hydrogen) atoms. The van der Waals surface area contributed by atoms with Gasteiger partial charge in [0.15, 0.2) is 10.7 Å². The van der Waals surface area contributed by atoms with Gasteiger partial charge in [0.1, 0.15) is 0 Å². The Morgan fingerprint density at radius 3 is 2.00 bits per heavy atom. The lowest BCUT2D eigenvalue weighted by Gasteiger charge is -2.10. The third-order valence-electron chi connectivity index (χ3n) is 3.65. The highest BCUT2D eigenvalue weighted by molar-refractivity contribution is 7.85. The van der Waals surface area contributed by atoms with Crippen LogP contribution in [0.2, 0.25) is 5.28 Å². The summed E-state index contributed by atoms with van der Waals surface area (Å²) in [5, 5.41) is 5.65. The van der Waals surface area contributed by atoms with E-state index in [0.717, 1.165) is 0 Å². The summed E-state index contributed by atoms with van der Waals surface area (Å²) >= 11 is 5.93. The summed E-state index contributed by atoms with van der Waals surface area (Å²) < 4.78 is 53.6. The number of nitrogens with zero attached hydrogens (tertiary/aromatic N) is 3. The predicted octanol–water partition coefficient (Wildman–Crippen LogP) is 2.54. The molecule has 0 saturated heterocycles. The molecular formula is C16H14ClN5O5S2. The number of aromatic nitrogens is 3. The number of hydrogen-bond acceptors (Lipinski definition) is 9. The van der Waals surface area contributed by atoms with Gasteiger partial charge in [-0.2, -0.15) is 23.4 Å². The Kier molecular flexibility index (Phi) is 5.98. The molecule has 13 heteroatoms. The maximum atomic E-state index is 11.3. The van der Waals surface area contributed by atoms with Crippen LogP contribution in [0, 0.1) is 6.92 Å². The van der Waals surface area contributed by atoms with E-state index >= 15 is 0 Å². The maximum absolute atomic E-state index is 11.3. The molecule has 0 fully saturated rings. The molecule has 3 aromatic rings. The van der Waals surface area contributed by atoms with Crippen LogP contribution in [0.3, 0.4) is 0 Å². The van der Waals surface area contributed by atoms with E-state index in [1.54, 1.807) is 12.1 Å². The quantitative estimate of drug-likeness (QED) is 0.322. The average molecular weight is 456 g/mol. The second kappa shape index (κ2) is 8.29. The van der Waals surface area contributed by atoms with Gasteiger partial charge in [-0.15, -0.1) is 0 Å². The van der Waals surface area contributed by atoms with Crippen LogP contribution in [-0.2, 0) is 20.8 Å². The fraction of sp³-hybridized carbons (Fsp3) is 0.0625. The van der Waals surface area contributed by atoms with Gasteiger partial charge >= 0.3 is 0 Å². The molecule has 1 aromatic heterocycles. The number of benzene rings is 2. The fourth-order valence-corrected chi connectivity index (χ4v) is 3.66. The summed E-state index contributed by atoms with van der Waals surface area (Å²) in [5.74, 6) is 0.198. The molecule has 0 bridgehead atoms. The first-order valence-electron chi connectivity index (χ1n) is 7.90. The van der Waals surface area contributed by atoms with E-state index in [2.05, 4.69) is 25.6 Å². The number of nitrogens with one attached hydrogen (secondary N) is 2. The van der Waals surface area contributed by atoms with E-state index in [9.17, 15) is 21.4 Å². The SMILES string of the molecule is Cc1cc(Nc2nc(Cl)nc(Nc3ccc([SH](=O)=O)cc3)n2)ccc1S(=O)(=O)O. The van der Waals surface area contributed by atoms with Crippen molar-refractivity contribution >= 4 is 55.7 Å². The minimum atomic E-state index is -4.32. The number of halogens is 1. The first kappa shape index (κ1) is 20.9. The summed E-state index contributed by atoms with van der Waals surface area (Å²) in [6.07, 6.45) is 0. The summed E-state index contributed by atoms with van der Waals surface area (Å²) in [6, 6.07) is 10.1. The molecule has 0 atom stereocenters. The molecule has 2 aromatic carbocycles. The second-order valence-electron chi connectivity index (χ2n) is 5.76. The van der Waals surface area contributed by atoms with Crippen LogP contribution in [0.25, 0.3) is 0 Å². The fourth-order valence-electron chi connectivity index (χ4n) is 2.40. The van der Waals surface area contributed by atoms with Crippen molar-refractivity contribution in [1.29, 1.82) is 0 Å². The lowest BCUT2D eigenvalue weighted by atomic mass is 10.2. The third-order valence-corrected chi connectivity index (χ3v) is 5.55. The highest BCUT2D eigenvalue weighted by atomic mass is 35.5. The molecule has 1 heterocycles. The minimum absolute atomic E-state index is 0.0887. The molecule has 152 valence electrons. The molecule has 0 amide bonds. The van der Waals surface area contributed by atoms with Crippen LogP contribution in [0.15, 0.2) is 52.3 Å². The molecule has 3 N–H and O–H groups in total. The second-order valence-corrected chi connectivity index (χ2v) is 8.52. The van der Waals surface area contributed by atoms with Crippen molar-refractivity contribution in [2.24, 2.45) is 0 Å². The van der Waals surface area contributed by atoms with E-state index < -0.39 is 20.8 Å². The van der Waals surface area contributed by atoms with Crippen LogP contribution in [0.5, 0.6) is 0 Å². The van der Waals surface area contributed by atoms with Gasteiger partial charge in [0.05, 0.1) is 9.79 Å². The summed E-state index contributed by atoms with van der Waals surface area (Å²) in [5.41, 5.74) is 1.33. The molecular weight excluding hydrogens is 442 g/mol. The van der Waals surface area contributed by atoms with E-state index in [0.29, 0.717) is 16.9 Å². The van der Waals surface area contributed by atoms with Crippen molar-refractivity contribution in [3.8, 4) is 0 Å². The largest absolute Gasteiger partial charge is 0.324 e. The molecule has 0 aliphatic heterocycles. The Hall–Kier alpha value is -2.80. The third kappa shape index (κ3) is 5.38. The van der Waals surface area contributed by atoms with Gasteiger partial charge in [-0.25, -0.2) is 8.42 Å². The van der Waals surface area contributed by atoms with Gasteiger partial charge in [0.25, 0.3) is 10.1 Å². The van der Waals surface area contributed by atoms with E-state index in [4.69, 9.17) is 11.6 Å². The Labute approximate surface area is 172 Å². The Morgan fingerprint density at radius 2 is 1.48 bits per heavy atom. The monoisotopic (exact) mass is 455 g/mol. The van der Waals surface area contributed by atoms with Crippen molar-refractivity contribution in [3.63, 3.8) is 0 Å². The highest BCUT2D eigenvalue weighted by Gasteiger charge is 2.14. The number of rotatable bonds is 6. The Bertz CT molecular complexity index is 1240. The topological polar surface area (TPSA) is 151 Å². The summed E-state index contributed by atoms with van der Waals surface area (Å²) in [6.45, 7) is 1.53. The van der Waals surface area contributed by atoms with Crippen molar-refractivity contribution in [3.05, 3.63) is 53.3 Å². The highest BCUT2D eigenvalue weighted by Crippen LogP contribution is 2.23. The molecule has 0 spiro atoms. The van der Waals surface area contributed by atoms with Crippen LogP contribution in [0.4, 0.5) is 23.3 Å². The molecule has 0 aliphatic carbocycles. The van der Waals surface area contributed by atoms with Crippen molar-refractivity contribution < 1.29 is 21.4 Å². The maximum Gasteiger partial charge on any atom is 0.294 e. The van der Waals surface area contributed by atoms with Gasteiger partial charge in [-0.1, -0.05) is 0 Å². The van der Waals surface area contributed by atoms with Crippen molar-refractivity contribution in [1.82, 2.24) is 15.0 Å². The molecule has 10 nitrogen and oxygen atoms in total. The molecule has 0 saturated carbocycles. The van der Waals surface area contributed by atoms with Crippen molar-refractivity contribution in [2.75, 3.05) is 10.6 Å². The zero-order valence-electron chi connectivity index (χ0n) is 14.7. The normalized spacial score (nSPS) is 11.4. The summed E-state index contributed by atoms with van der Waals surface area (Å²) in [7, 11) is -6.99. The van der Waals surface area contributed by atoms with E-state index in [-0.39, 0.29) is 27.0 Å². The number of hydrogen-bond donors (Lipinski definition) is 4. The van der Waals surface area contributed by atoms with Gasteiger partial charge in [0.2, 0.25) is 17.2 Å². The molecule has 0 aliphatic rings. The Morgan fingerprint density at radius 1 is 0.931 bits per heavy atom. The first-order valence-corrected chi connectivity index (χ1v) is 10.9. The summed E-state index contributed by atoms with van der Waals surface area (Å²) in [4.78, 5) is 12.0. The van der Waals surface area contributed by atoms with E-state index in [1.165, 1.54) is 37.3 Å². The Balaban J connectivity index is 1.83. The zero-order chi connectivity index (χ0) is 21.2. The number of thiol groups is 1. The molecule has 3 rings (SSSR count). The van der Waals surface area contributed by atoms with Gasteiger partial charge in [-0.05, 0) is 66.6 Å². The lowest BCUT2D eigenvalue weighted by Crippen LogP contribution is -2.05. The first-order chi connectivity index (χ1) is 13.6. The van der Waals surface area contributed by atoms with Crippen LogP contribution in [-0.4, -0.2) is 36.3 Å². The zero-order valence-corrected chi connectivity index (χ0v) is 17.2. The van der Waals surface area contributed by atoms with Gasteiger partial charge in [0, 0.05) is 11.4 Å². The van der Waals surface area contributed by atoms with Crippen LogP contribution >= 0.6 is 11.6 Å². The van der Waals surface area contributed by atoms with Gasteiger partial charge in [-0.3, -0.25) is 4.55 Å². The smallest absolute Gasteiger partial charge is 0.294 e. The molecule has 0 radical (unpaired) electrons. The van der Waals surface area contributed by atoms with Crippen LogP contribution < -0.4 is 10.6 Å². The number of aryl methyl sites for hydroxylation is 1.